The number of anilines is 2. The summed E-state index contributed by atoms with van der Waals surface area (Å²) in [5.41, 5.74) is 7.37. The van der Waals surface area contributed by atoms with Gasteiger partial charge < -0.3 is 24.2 Å². The van der Waals surface area contributed by atoms with Crippen molar-refractivity contribution in [3.63, 3.8) is 0 Å². The molecule has 1 saturated heterocycles. The lowest BCUT2D eigenvalue weighted by atomic mass is 9.85. The average molecular weight is 904 g/mol. The molecule has 8 rings (SSSR count). The van der Waals surface area contributed by atoms with E-state index >= 15 is 0 Å². The van der Waals surface area contributed by atoms with Gasteiger partial charge in [0.1, 0.15) is 6.04 Å². The van der Waals surface area contributed by atoms with Gasteiger partial charge in [0.15, 0.2) is 11.5 Å². The van der Waals surface area contributed by atoms with Crippen molar-refractivity contribution in [2.45, 2.75) is 109 Å². The number of ether oxygens (including phenoxy) is 2. The third kappa shape index (κ3) is 9.99. The Morgan fingerprint density at radius 2 is 1.57 bits per heavy atom. The standard InChI is InChI=1S/C52H63ClN6O6/c1-33(2)65-47-31-42-37(29-46(47)64-6)30-49(61)58(50(42)36-14-16-38(53)17-15-36)41-22-20-40(21-23-41)56(4)32-35-11-18-39(19-12-35)55(3)27-9-7-8-10-34-13-24-43-45(28-34)57(5)52(63)59(43)44-25-26-48(60)54-51(44)62/h13-17,20-24,28-29,31,33,35,39,44,50H,7-12,18-19,25-27,30,32H2,1-6H3,(H,54,60,62)/t35-,39-,44?,50?. The number of halogens is 1. The molecule has 2 aliphatic heterocycles. The summed E-state index contributed by atoms with van der Waals surface area (Å²) in [7, 11) is 7.82. The third-order valence-electron chi connectivity index (χ3n) is 13.8. The molecule has 2 fully saturated rings. The van der Waals surface area contributed by atoms with Crippen LogP contribution < -0.4 is 30.3 Å². The summed E-state index contributed by atoms with van der Waals surface area (Å²) in [6.07, 6.45) is 9.84. The normalized spacial score (nSPS) is 20.1. The highest BCUT2D eigenvalue weighted by Crippen LogP contribution is 2.44. The van der Waals surface area contributed by atoms with Gasteiger partial charge in [0.25, 0.3) is 0 Å². The Morgan fingerprint density at radius 3 is 2.26 bits per heavy atom. The van der Waals surface area contributed by atoms with Gasteiger partial charge in [-0.1, -0.05) is 36.2 Å². The van der Waals surface area contributed by atoms with Crippen LogP contribution in [0, 0.1) is 5.92 Å². The largest absolute Gasteiger partial charge is 0.493 e. The quantitative estimate of drug-likeness (QED) is 0.0772. The Bertz CT molecular complexity index is 2580. The minimum atomic E-state index is -0.671. The first-order valence-corrected chi connectivity index (χ1v) is 23.7. The highest BCUT2D eigenvalue weighted by Gasteiger charge is 2.37. The molecule has 344 valence electrons. The minimum absolute atomic E-state index is 0.0190. The van der Waals surface area contributed by atoms with Crippen LogP contribution in [0.15, 0.2) is 83.7 Å². The number of nitrogens with zero attached hydrogens (tertiary/aromatic N) is 5. The maximum atomic E-state index is 14.1. The van der Waals surface area contributed by atoms with E-state index in [0.29, 0.717) is 34.9 Å². The van der Waals surface area contributed by atoms with Gasteiger partial charge in [0.2, 0.25) is 17.7 Å². The monoisotopic (exact) mass is 902 g/mol. The number of benzene rings is 4. The van der Waals surface area contributed by atoms with Gasteiger partial charge in [-0.15, -0.1) is 0 Å². The number of fused-ring (bicyclic) bond motifs is 2. The van der Waals surface area contributed by atoms with E-state index in [-0.39, 0.29) is 42.5 Å². The summed E-state index contributed by atoms with van der Waals surface area (Å²) in [4.78, 5) is 58.3. The molecule has 2 atom stereocenters. The number of carbonyl (C=O) groups is 3. The zero-order valence-electron chi connectivity index (χ0n) is 38.6. The van der Waals surface area contributed by atoms with Crippen LogP contribution in [0.2, 0.25) is 5.02 Å². The SMILES string of the molecule is COc1cc2c(cc1OC(C)C)C(c1ccc(Cl)cc1)N(c1ccc(N(C)C[C@H]3CC[C@H](N(C)CCCCCc4ccc5c(c4)n(C)c(=O)n5C4CCC(=O)NC4=O)CC3)cc1)C(=O)C2. The smallest absolute Gasteiger partial charge is 0.329 e. The summed E-state index contributed by atoms with van der Waals surface area (Å²) in [5, 5.41) is 3.02. The highest BCUT2D eigenvalue weighted by molar-refractivity contribution is 6.30. The maximum Gasteiger partial charge on any atom is 0.329 e. The predicted octanol–water partition coefficient (Wildman–Crippen LogP) is 8.79. The first-order chi connectivity index (χ1) is 31.3. The van der Waals surface area contributed by atoms with Gasteiger partial charge in [-0.25, -0.2) is 4.79 Å². The lowest BCUT2D eigenvalue weighted by Crippen LogP contribution is -2.44. The topological polar surface area (TPSA) is 118 Å². The molecule has 3 heterocycles. The minimum Gasteiger partial charge on any atom is -0.493 e. The fraction of sp³-hybridized carbons (Fsp3) is 0.462. The predicted molar refractivity (Wildman–Crippen MR) is 257 cm³/mol. The van der Waals surface area contributed by atoms with E-state index in [2.05, 4.69) is 65.6 Å². The summed E-state index contributed by atoms with van der Waals surface area (Å²) in [6, 6.07) is 25.8. The summed E-state index contributed by atoms with van der Waals surface area (Å²) >= 11 is 6.33. The van der Waals surface area contributed by atoms with Gasteiger partial charge >= 0.3 is 5.69 Å². The van der Waals surface area contributed by atoms with Crippen LogP contribution in [0.4, 0.5) is 11.4 Å². The molecular formula is C52H63ClN6O6. The Balaban J connectivity index is 0.821. The molecule has 1 aromatic heterocycles. The molecule has 3 aliphatic rings. The van der Waals surface area contributed by atoms with Crippen molar-refractivity contribution < 1.29 is 23.9 Å². The van der Waals surface area contributed by atoms with Gasteiger partial charge in [-0.3, -0.25) is 28.8 Å². The molecule has 0 radical (unpaired) electrons. The number of hydrogen-bond donors (Lipinski definition) is 1. The van der Waals surface area contributed by atoms with Crippen LogP contribution in [-0.2, 0) is 34.3 Å². The van der Waals surface area contributed by atoms with Crippen LogP contribution >= 0.6 is 11.6 Å². The van der Waals surface area contributed by atoms with E-state index in [4.69, 9.17) is 21.1 Å². The number of aromatic nitrogens is 2. The van der Waals surface area contributed by atoms with E-state index in [1.807, 2.05) is 61.2 Å². The van der Waals surface area contributed by atoms with Crippen molar-refractivity contribution in [1.82, 2.24) is 19.4 Å². The fourth-order valence-electron chi connectivity index (χ4n) is 10.3. The molecule has 3 amide bonds. The van der Waals surface area contributed by atoms with Crippen molar-refractivity contribution >= 4 is 51.7 Å². The molecule has 13 heteroatoms. The number of amides is 3. The maximum absolute atomic E-state index is 14.1. The molecule has 2 unspecified atom stereocenters. The van der Waals surface area contributed by atoms with Crippen LogP contribution in [0.3, 0.4) is 0 Å². The van der Waals surface area contributed by atoms with Crippen LogP contribution in [0.25, 0.3) is 11.0 Å². The summed E-state index contributed by atoms with van der Waals surface area (Å²) in [5.74, 6) is 1.22. The summed E-state index contributed by atoms with van der Waals surface area (Å²) < 4.78 is 15.0. The Labute approximate surface area is 387 Å². The Kier molecular flexibility index (Phi) is 14.1. The van der Waals surface area contributed by atoms with Gasteiger partial charge in [-0.05, 0) is 168 Å². The van der Waals surface area contributed by atoms with Crippen molar-refractivity contribution in [2.24, 2.45) is 13.0 Å². The number of unbranched alkanes of at least 4 members (excludes halogenated alkanes) is 2. The molecular weight excluding hydrogens is 840 g/mol. The number of rotatable bonds is 16. The zero-order chi connectivity index (χ0) is 45.9. The second-order valence-electron chi connectivity index (χ2n) is 18.6. The molecule has 65 heavy (non-hydrogen) atoms. The molecule has 5 aromatic rings. The first kappa shape index (κ1) is 46.0. The van der Waals surface area contributed by atoms with Crippen molar-refractivity contribution in [1.29, 1.82) is 0 Å². The number of piperidine rings is 1. The van der Waals surface area contributed by atoms with Gasteiger partial charge in [0, 0.05) is 49.5 Å². The third-order valence-corrected chi connectivity index (χ3v) is 14.1. The van der Waals surface area contributed by atoms with Crippen molar-refractivity contribution in [3.8, 4) is 11.5 Å². The molecule has 0 bridgehead atoms. The lowest BCUT2D eigenvalue weighted by Gasteiger charge is -2.38. The molecule has 1 N–H and O–H groups in total. The lowest BCUT2D eigenvalue weighted by molar-refractivity contribution is -0.135. The van der Waals surface area contributed by atoms with Crippen molar-refractivity contribution in [2.75, 3.05) is 44.1 Å². The number of carbonyl (C=O) groups excluding carboxylic acids is 3. The molecule has 12 nitrogen and oxygen atoms in total. The van der Waals surface area contributed by atoms with E-state index in [0.717, 1.165) is 77.9 Å². The zero-order valence-corrected chi connectivity index (χ0v) is 39.4. The Morgan fingerprint density at radius 1 is 0.831 bits per heavy atom. The van der Waals surface area contributed by atoms with Gasteiger partial charge in [0.05, 0.1) is 36.7 Å². The first-order valence-electron chi connectivity index (χ1n) is 23.3. The molecule has 4 aromatic carbocycles. The number of methoxy groups -OCH3 is 1. The van der Waals surface area contributed by atoms with Crippen molar-refractivity contribution in [3.05, 3.63) is 117 Å². The highest BCUT2D eigenvalue weighted by atomic mass is 35.5. The van der Waals surface area contributed by atoms with E-state index in [1.54, 1.807) is 18.7 Å². The second-order valence-corrected chi connectivity index (χ2v) is 19.1. The summed E-state index contributed by atoms with van der Waals surface area (Å²) in [6.45, 7) is 6.05. The average Bonchev–Trinajstić information content (AvgIpc) is 3.53. The number of nitrogens with one attached hydrogen (secondary N) is 1. The van der Waals surface area contributed by atoms with E-state index in [9.17, 15) is 19.2 Å². The van der Waals surface area contributed by atoms with Crippen LogP contribution in [0.5, 0.6) is 11.5 Å². The Hall–Kier alpha value is -5.59. The fourth-order valence-corrected chi connectivity index (χ4v) is 10.4. The van der Waals surface area contributed by atoms with Crippen LogP contribution in [-0.4, -0.2) is 78.2 Å². The molecule has 0 spiro atoms. The van der Waals surface area contributed by atoms with E-state index in [1.165, 1.54) is 35.8 Å². The van der Waals surface area contributed by atoms with Gasteiger partial charge in [-0.2, -0.15) is 0 Å². The second kappa shape index (κ2) is 19.9. The number of imidazole rings is 1. The van der Waals surface area contributed by atoms with E-state index < -0.39 is 11.9 Å². The number of hydrogen-bond acceptors (Lipinski definition) is 8. The number of imide groups is 1. The molecule has 1 aliphatic carbocycles. The molecule has 1 saturated carbocycles. The number of aryl methyl sites for hydroxylation is 2. The van der Waals surface area contributed by atoms with Crippen LogP contribution in [0.1, 0.15) is 106 Å².